The molecule has 1 N–H and O–H groups in total. The summed E-state index contributed by atoms with van der Waals surface area (Å²) in [5.74, 6) is 1.27. The minimum absolute atomic E-state index is 0. The number of piperazine rings is 1. The number of benzene rings is 2. The molecule has 1 fully saturated rings. The Hall–Kier alpha value is -2.07. The predicted molar refractivity (Wildman–Crippen MR) is 120 cm³/mol. The molecule has 1 atom stereocenters. The minimum atomic E-state index is -4.73. The highest BCUT2D eigenvalue weighted by Gasteiger charge is 2.32. The van der Waals surface area contributed by atoms with Crippen LogP contribution in [0.3, 0.4) is 0 Å². The second-order valence-corrected chi connectivity index (χ2v) is 6.73. The van der Waals surface area contributed by atoms with Crippen molar-refractivity contribution in [3.05, 3.63) is 47.5 Å². The third kappa shape index (κ3) is 6.48. The monoisotopic (exact) mass is 498 g/mol. The fourth-order valence-electron chi connectivity index (χ4n) is 3.72. The first-order valence-electron chi connectivity index (χ1n) is 9.47. The number of hydrogen-bond acceptors (Lipinski definition) is 6. The molecule has 0 amide bonds. The average Bonchev–Trinajstić information content (AvgIpc) is 2.74. The van der Waals surface area contributed by atoms with Crippen LogP contribution in [-0.2, 0) is 0 Å². The van der Waals surface area contributed by atoms with E-state index in [1.165, 1.54) is 19.2 Å². The molecule has 0 radical (unpaired) electrons. The van der Waals surface area contributed by atoms with Gasteiger partial charge >= 0.3 is 6.36 Å². The van der Waals surface area contributed by atoms with Crippen LogP contribution < -0.4 is 24.3 Å². The second kappa shape index (κ2) is 12.2. The summed E-state index contributed by atoms with van der Waals surface area (Å²) in [5, 5.41) is 3.31. The van der Waals surface area contributed by atoms with Gasteiger partial charge in [-0.25, -0.2) is 0 Å². The first kappa shape index (κ1) is 28.0. The lowest BCUT2D eigenvalue weighted by Crippen LogP contribution is -2.45. The van der Waals surface area contributed by atoms with Crippen molar-refractivity contribution in [1.29, 1.82) is 0 Å². The van der Waals surface area contributed by atoms with E-state index in [0.717, 1.165) is 37.3 Å². The molecule has 0 spiro atoms. The Morgan fingerprint density at radius 3 is 1.94 bits per heavy atom. The fraction of sp³-hybridized carbons (Fsp3) is 0.429. The van der Waals surface area contributed by atoms with Crippen molar-refractivity contribution in [2.45, 2.75) is 12.4 Å². The molecule has 11 heteroatoms. The zero-order valence-electron chi connectivity index (χ0n) is 17.9. The van der Waals surface area contributed by atoms with Crippen LogP contribution in [0.25, 0.3) is 0 Å². The zero-order valence-corrected chi connectivity index (χ0v) is 19.5. The molecule has 32 heavy (non-hydrogen) atoms. The highest BCUT2D eigenvalue weighted by molar-refractivity contribution is 5.85. The molecule has 2 aromatic rings. The van der Waals surface area contributed by atoms with Crippen molar-refractivity contribution in [2.24, 2.45) is 0 Å². The van der Waals surface area contributed by atoms with Gasteiger partial charge in [-0.05, 0) is 29.8 Å². The Morgan fingerprint density at radius 2 is 1.44 bits per heavy atom. The topological polar surface area (TPSA) is 52.2 Å². The van der Waals surface area contributed by atoms with Crippen molar-refractivity contribution in [2.75, 3.05) is 47.5 Å². The fourth-order valence-corrected chi connectivity index (χ4v) is 3.72. The molecule has 1 aliphatic heterocycles. The number of hydrogen-bond donors (Lipinski definition) is 1. The maximum absolute atomic E-state index is 12.5. The van der Waals surface area contributed by atoms with Gasteiger partial charge in [-0.2, -0.15) is 0 Å². The van der Waals surface area contributed by atoms with Crippen molar-refractivity contribution in [3.63, 3.8) is 0 Å². The van der Waals surface area contributed by atoms with Crippen LogP contribution in [0.1, 0.15) is 17.2 Å². The summed E-state index contributed by atoms with van der Waals surface area (Å²) < 4.78 is 58.2. The molecule has 0 unspecified atom stereocenters. The number of nitrogens with zero attached hydrogens (tertiary/aromatic N) is 1. The maximum atomic E-state index is 12.5. The van der Waals surface area contributed by atoms with Gasteiger partial charge in [-0.15, -0.1) is 38.0 Å². The third-order valence-electron chi connectivity index (χ3n) is 4.98. The van der Waals surface area contributed by atoms with E-state index in [4.69, 9.17) is 14.2 Å². The molecule has 0 bridgehead atoms. The smallest absolute Gasteiger partial charge is 0.493 e. The van der Waals surface area contributed by atoms with E-state index in [0.29, 0.717) is 17.2 Å². The number of rotatable bonds is 7. The summed E-state index contributed by atoms with van der Waals surface area (Å²) in [4.78, 5) is 2.25. The molecule has 0 aromatic heterocycles. The number of ether oxygens (including phenoxy) is 4. The van der Waals surface area contributed by atoms with Gasteiger partial charge in [-0.3, -0.25) is 4.90 Å². The summed E-state index contributed by atoms with van der Waals surface area (Å²) in [6, 6.07) is 9.38. The lowest BCUT2D eigenvalue weighted by molar-refractivity contribution is -0.274. The Balaban J connectivity index is 0.00000256. The van der Waals surface area contributed by atoms with Gasteiger partial charge in [0.25, 0.3) is 0 Å². The lowest BCUT2D eigenvalue weighted by atomic mass is 9.94. The quantitative estimate of drug-likeness (QED) is 0.608. The van der Waals surface area contributed by atoms with Crippen molar-refractivity contribution in [3.8, 4) is 23.0 Å². The summed E-state index contributed by atoms with van der Waals surface area (Å²) >= 11 is 0. The number of halogens is 5. The van der Waals surface area contributed by atoms with Crippen molar-refractivity contribution < 1.29 is 32.1 Å². The van der Waals surface area contributed by atoms with E-state index in [-0.39, 0.29) is 36.6 Å². The molecule has 2 aromatic carbocycles. The van der Waals surface area contributed by atoms with Crippen molar-refractivity contribution in [1.82, 2.24) is 10.2 Å². The predicted octanol–water partition coefficient (Wildman–Crippen LogP) is 4.45. The summed E-state index contributed by atoms with van der Waals surface area (Å²) in [6.07, 6.45) is -4.73. The van der Waals surface area contributed by atoms with Crippen LogP contribution >= 0.6 is 24.8 Å². The Morgan fingerprint density at radius 1 is 0.844 bits per heavy atom. The van der Waals surface area contributed by atoms with E-state index >= 15 is 0 Å². The molecular weight excluding hydrogens is 472 g/mol. The largest absolute Gasteiger partial charge is 0.573 e. The molecule has 1 heterocycles. The highest BCUT2D eigenvalue weighted by atomic mass is 35.5. The van der Waals surface area contributed by atoms with Crippen molar-refractivity contribution >= 4 is 24.8 Å². The summed E-state index contributed by atoms with van der Waals surface area (Å²) in [7, 11) is 4.63. The molecule has 0 aliphatic carbocycles. The van der Waals surface area contributed by atoms with Gasteiger partial charge in [0.15, 0.2) is 11.5 Å². The molecule has 1 saturated heterocycles. The first-order valence-corrected chi connectivity index (χ1v) is 9.47. The average molecular weight is 499 g/mol. The molecular formula is C21H27Cl2F3N2O4. The molecule has 1 aliphatic rings. The molecule has 3 rings (SSSR count). The van der Waals surface area contributed by atoms with Crippen LogP contribution in [0.4, 0.5) is 13.2 Å². The Labute approximate surface area is 197 Å². The van der Waals surface area contributed by atoms with E-state index in [1.807, 2.05) is 6.07 Å². The van der Waals surface area contributed by atoms with Crippen LogP contribution in [-0.4, -0.2) is 58.8 Å². The second-order valence-electron chi connectivity index (χ2n) is 6.73. The Bertz CT molecular complexity index is 848. The minimum Gasteiger partial charge on any atom is -0.493 e. The van der Waals surface area contributed by atoms with Crippen LogP contribution in [0, 0.1) is 0 Å². The van der Waals surface area contributed by atoms with Gasteiger partial charge in [0, 0.05) is 31.7 Å². The molecule has 0 saturated carbocycles. The van der Waals surface area contributed by atoms with Crippen LogP contribution in [0.15, 0.2) is 36.4 Å². The van der Waals surface area contributed by atoms with Gasteiger partial charge in [0.2, 0.25) is 5.75 Å². The normalized spacial score (nSPS) is 15.1. The van der Waals surface area contributed by atoms with E-state index < -0.39 is 6.36 Å². The van der Waals surface area contributed by atoms with E-state index in [1.54, 1.807) is 32.4 Å². The number of alkyl halides is 3. The van der Waals surface area contributed by atoms with Gasteiger partial charge in [-0.1, -0.05) is 12.1 Å². The maximum Gasteiger partial charge on any atom is 0.573 e. The van der Waals surface area contributed by atoms with E-state index in [2.05, 4.69) is 15.0 Å². The Kier molecular flexibility index (Phi) is 10.7. The van der Waals surface area contributed by atoms with Crippen LogP contribution in [0.2, 0.25) is 0 Å². The number of nitrogens with one attached hydrogen (secondary N) is 1. The standard InChI is InChI=1S/C21H25F3N2O4.2ClH/c1-27-17-9-8-16(19(28-2)20(17)29-3)18(26-12-10-25-11-13-26)14-4-6-15(7-5-14)30-21(22,23)24;;/h4-9,18,25H,10-13H2,1-3H3;2*1H/t18-;;/m0../s1. The van der Waals surface area contributed by atoms with Gasteiger partial charge in [0.05, 0.1) is 27.4 Å². The SMILES string of the molecule is COc1ccc([C@H](c2ccc(OC(F)(F)F)cc2)N2CCNCC2)c(OC)c1OC.Cl.Cl. The van der Waals surface area contributed by atoms with Gasteiger partial charge < -0.3 is 24.3 Å². The third-order valence-corrected chi connectivity index (χ3v) is 4.98. The van der Waals surface area contributed by atoms with E-state index in [9.17, 15) is 13.2 Å². The van der Waals surface area contributed by atoms with Crippen LogP contribution in [0.5, 0.6) is 23.0 Å². The molecule has 6 nitrogen and oxygen atoms in total. The van der Waals surface area contributed by atoms with Gasteiger partial charge in [0.1, 0.15) is 5.75 Å². The summed E-state index contributed by atoms with van der Waals surface area (Å²) in [6.45, 7) is 3.15. The highest BCUT2D eigenvalue weighted by Crippen LogP contribution is 2.45. The number of methoxy groups -OCH3 is 3. The first-order chi connectivity index (χ1) is 14.4. The lowest BCUT2D eigenvalue weighted by Gasteiger charge is -2.36. The molecule has 180 valence electrons. The zero-order chi connectivity index (χ0) is 21.7. The summed E-state index contributed by atoms with van der Waals surface area (Å²) in [5.41, 5.74) is 1.65.